The molecule has 1 aromatic heterocycles. The van der Waals surface area contributed by atoms with Crippen LogP contribution in [-0.2, 0) is 11.3 Å². The Morgan fingerprint density at radius 2 is 1.73 bits per heavy atom. The van der Waals surface area contributed by atoms with Gasteiger partial charge in [0.1, 0.15) is 18.7 Å². The minimum atomic E-state index is -0.470. The Kier molecular flexibility index (Phi) is 5.37. The van der Waals surface area contributed by atoms with Gasteiger partial charge in [-0.25, -0.2) is 14.1 Å². The molecule has 3 rings (SSSR count). The number of hydrogen-bond acceptors (Lipinski definition) is 4. The molecule has 26 heavy (non-hydrogen) atoms. The third kappa shape index (κ3) is 4.73. The summed E-state index contributed by atoms with van der Waals surface area (Å²) >= 11 is 3.32. The number of benzene rings is 2. The summed E-state index contributed by atoms with van der Waals surface area (Å²) in [6, 6.07) is 12.2. The standard InChI is InChI=1S/C17H13BrFN5O2/c18-12-3-7-14(8-4-12)21-15(25)9-24-10-20-17(23-24)22-16(26)11-1-5-13(19)6-2-11/h1-8,10H,9H2,(H,21,25)(H,22,23,26). The molecule has 2 N–H and O–H groups in total. The third-order valence-electron chi connectivity index (χ3n) is 3.30. The molecule has 2 aromatic carbocycles. The van der Waals surface area contributed by atoms with Crippen molar-refractivity contribution in [1.29, 1.82) is 0 Å². The van der Waals surface area contributed by atoms with Gasteiger partial charge in [0.15, 0.2) is 0 Å². The minimum Gasteiger partial charge on any atom is -0.324 e. The number of rotatable bonds is 5. The van der Waals surface area contributed by atoms with Crippen LogP contribution in [0, 0.1) is 5.82 Å². The molecule has 0 atom stereocenters. The molecular formula is C17H13BrFN5O2. The molecule has 0 bridgehead atoms. The number of hydrogen-bond donors (Lipinski definition) is 2. The maximum Gasteiger partial charge on any atom is 0.258 e. The lowest BCUT2D eigenvalue weighted by Crippen LogP contribution is -2.19. The second kappa shape index (κ2) is 7.87. The Bertz CT molecular complexity index is 925. The predicted molar refractivity (Wildman–Crippen MR) is 97.1 cm³/mol. The summed E-state index contributed by atoms with van der Waals surface area (Å²) in [6.07, 6.45) is 1.33. The average molecular weight is 418 g/mol. The van der Waals surface area contributed by atoms with Crippen LogP contribution in [-0.4, -0.2) is 26.6 Å². The fraction of sp³-hybridized carbons (Fsp3) is 0.0588. The molecule has 1 heterocycles. The van der Waals surface area contributed by atoms with E-state index in [0.29, 0.717) is 5.69 Å². The summed E-state index contributed by atoms with van der Waals surface area (Å²) in [5, 5.41) is 9.23. The van der Waals surface area contributed by atoms with Crippen LogP contribution < -0.4 is 10.6 Å². The molecule has 132 valence electrons. The molecule has 0 aliphatic carbocycles. The fourth-order valence-corrected chi connectivity index (χ4v) is 2.35. The molecule has 0 fully saturated rings. The van der Waals surface area contributed by atoms with Crippen molar-refractivity contribution in [3.8, 4) is 0 Å². The van der Waals surface area contributed by atoms with Crippen molar-refractivity contribution in [2.75, 3.05) is 10.6 Å². The number of carbonyl (C=O) groups is 2. The smallest absolute Gasteiger partial charge is 0.258 e. The van der Waals surface area contributed by atoms with Gasteiger partial charge in [-0.2, -0.15) is 0 Å². The molecule has 3 aromatic rings. The van der Waals surface area contributed by atoms with Gasteiger partial charge in [-0.15, -0.1) is 5.10 Å². The first-order chi connectivity index (χ1) is 12.5. The van der Waals surface area contributed by atoms with Crippen LogP contribution in [0.3, 0.4) is 0 Å². The molecule has 2 amide bonds. The number of nitrogens with zero attached hydrogens (tertiary/aromatic N) is 3. The predicted octanol–water partition coefficient (Wildman–Crippen LogP) is 3.07. The highest BCUT2D eigenvalue weighted by Gasteiger charge is 2.11. The largest absolute Gasteiger partial charge is 0.324 e. The lowest BCUT2D eigenvalue weighted by Gasteiger charge is -2.05. The zero-order valence-electron chi connectivity index (χ0n) is 13.3. The number of amides is 2. The highest BCUT2D eigenvalue weighted by Crippen LogP contribution is 2.14. The van der Waals surface area contributed by atoms with Gasteiger partial charge in [0.2, 0.25) is 11.9 Å². The number of aromatic nitrogens is 3. The first-order valence-corrected chi connectivity index (χ1v) is 8.31. The Balaban J connectivity index is 1.57. The van der Waals surface area contributed by atoms with Gasteiger partial charge in [-0.3, -0.25) is 14.9 Å². The van der Waals surface area contributed by atoms with Crippen molar-refractivity contribution in [3.05, 3.63) is 70.7 Å². The van der Waals surface area contributed by atoms with Crippen LogP contribution in [0.25, 0.3) is 0 Å². The highest BCUT2D eigenvalue weighted by molar-refractivity contribution is 9.10. The summed E-state index contributed by atoms with van der Waals surface area (Å²) in [5.74, 6) is -1.13. The summed E-state index contributed by atoms with van der Waals surface area (Å²) in [5.41, 5.74) is 0.930. The highest BCUT2D eigenvalue weighted by atomic mass is 79.9. The zero-order valence-corrected chi connectivity index (χ0v) is 14.9. The normalized spacial score (nSPS) is 10.4. The van der Waals surface area contributed by atoms with Crippen LogP contribution in [0.2, 0.25) is 0 Å². The molecule has 9 heteroatoms. The van der Waals surface area contributed by atoms with E-state index in [1.165, 1.54) is 35.3 Å². The van der Waals surface area contributed by atoms with Crippen LogP contribution in [0.15, 0.2) is 59.3 Å². The zero-order chi connectivity index (χ0) is 18.5. The number of nitrogens with one attached hydrogen (secondary N) is 2. The molecule has 0 unspecified atom stereocenters. The molecule has 0 radical (unpaired) electrons. The van der Waals surface area contributed by atoms with Gasteiger partial charge in [0.05, 0.1) is 0 Å². The van der Waals surface area contributed by atoms with E-state index in [0.717, 1.165) is 4.47 Å². The quantitative estimate of drug-likeness (QED) is 0.667. The molecule has 0 aliphatic rings. The van der Waals surface area contributed by atoms with Crippen molar-refractivity contribution in [2.45, 2.75) is 6.54 Å². The lowest BCUT2D eigenvalue weighted by atomic mass is 10.2. The van der Waals surface area contributed by atoms with Crippen molar-refractivity contribution >= 4 is 39.4 Å². The second-order valence-electron chi connectivity index (χ2n) is 5.28. The SMILES string of the molecule is O=C(Cn1cnc(NC(=O)c2ccc(F)cc2)n1)Nc1ccc(Br)cc1. The Morgan fingerprint density at radius 1 is 1.04 bits per heavy atom. The van der Waals surface area contributed by atoms with E-state index < -0.39 is 11.7 Å². The molecule has 0 aliphatic heterocycles. The summed E-state index contributed by atoms with van der Waals surface area (Å²) in [6.45, 7) is -0.0600. The molecular weight excluding hydrogens is 405 g/mol. The number of anilines is 2. The van der Waals surface area contributed by atoms with Crippen molar-refractivity contribution in [2.24, 2.45) is 0 Å². The van der Waals surface area contributed by atoms with Gasteiger partial charge in [0, 0.05) is 15.7 Å². The van der Waals surface area contributed by atoms with E-state index in [4.69, 9.17) is 0 Å². The van der Waals surface area contributed by atoms with Gasteiger partial charge >= 0.3 is 0 Å². The number of halogens is 2. The summed E-state index contributed by atoms with van der Waals surface area (Å²) < 4.78 is 15.1. The van der Waals surface area contributed by atoms with Crippen molar-refractivity contribution in [1.82, 2.24) is 14.8 Å². The van der Waals surface area contributed by atoms with Crippen LogP contribution >= 0.6 is 15.9 Å². The van der Waals surface area contributed by atoms with Crippen LogP contribution in [0.1, 0.15) is 10.4 Å². The Morgan fingerprint density at radius 3 is 2.42 bits per heavy atom. The van der Waals surface area contributed by atoms with Crippen molar-refractivity contribution < 1.29 is 14.0 Å². The first-order valence-electron chi connectivity index (χ1n) is 7.51. The molecule has 0 saturated carbocycles. The van der Waals surface area contributed by atoms with E-state index in [1.54, 1.807) is 12.1 Å². The van der Waals surface area contributed by atoms with E-state index in [2.05, 4.69) is 36.6 Å². The first kappa shape index (κ1) is 17.7. The Labute approximate surface area is 156 Å². The van der Waals surface area contributed by atoms with E-state index >= 15 is 0 Å². The van der Waals surface area contributed by atoms with Crippen LogP contribution in [0.5, 0.6) is 0 Å². The number of carbonyl (C=O) groups excluding carboxylic acids is 2. The lowest BCUT2D eigenvalue weighted by molar-refractivity contribution is -0.116. The summed E-state index contributed by atoms with van der Waals surface area (Å²) in [4.78, 5) is 28.0. The monoisotopic (exact) mass is 417 g/mol. The minimum absolute atomic E-state index is 0.0516. The second-order valence-corrected chi connectivity index (χ2v) is 6.20. The van der Waals surface area contributed by atoms with Gasteiger partial charge < -0.3 is 5.32 Å². The van der Waals surface area contributed by atoms with Gasteiger partial charge in [-0.1, -0.05) is 15.9 Å². The topological polar surface area (TPSA) is 88.9 Å². The Hall–Kier alpha value is -3.07. The van der Waals surface area contributed by atoms with Crippen LogP contribution in [0.4, 0.5) is 16.0 Å². The maximum absolute atomic E-state index is 12.9. The average Bonchev–Trinajstić information content (AvgIpc) is 3.04. The maximum atomic E-state index is 12.9. The van der Waals surface area contributed by atoms with E-state index in [-0.39, 0.29) is 24.0 Å². The molecule has 0 saturated heterocycles. The summed E-state index contributed by atoms with van der Waals surface area (Å²) in [7, 11) is 0. The van der Waals surface area contributed by atoms with E-state index in [9.17, 15) is 14.0 Å². The molecule has 0 spiro atoms. The molecule has 7 nitrogen and oxygen atoms in total. The fourth-order valence-electron chi connectivity index (χ4n) is 2.08. The van der Waals surface area contributed by atoms with Crippen molar-refractivity contribution in [3.63, 3.8) is 0 Å². The van der Waals surface area contributed by atoms with Gasteiger partial charge in [0.25, 0.3) is 5.91 Å². The third-order valence-corrected chi connectivity index (χ3v) is 3.83. The van der Waals surface area contributed by atoms with E-state index in [1.807, 2.05) is 12.1 Å². The van der Waals surface area contributed by atoms with Gasteiger partial charge in [-0.05, 0) is 48.5 Å².